The normalized spacial score (nSPS) is 12.6. The molecule has 1 aromatic carbocycles. The predicted octanol–water partition coefficient (Wildman–Crippen LogP) is 5.95. The first-order chi connectivity index (χ1) is 11.9. The molecule has 0 atom stereocenters. The Bertz CT molecular complexity index is 437. The first-order valence-corrected chi connectivity index (χ1v) is 15.5. The van der Waals surface area contributed by atoms with Gasteiger partial charge in [0.25, 0.3) is 0 Å². The third-order valence-corrected chi connectivity index (χ3v) is 13.3. The summed E-state index contributed by atoms with van der Waals surface area (Å²) in [5.41, 5.74) is 0. The van der Waals surface area contributed by atoms with Crippen LogP contribution in [0.15, 0.2) is 30.3 Å². The molecular formula is C20H38O3Si2. The highest BCUT2D eigenvalue weighted by Gasteiger charge is 2.29. The van der Waals surface area contributed by atoms with Gasteiger partial charge in [-0.3, -0.25) is 0 Å². The fourth-order valence-electron chi connectivity index (χ4n) is 2.42. The van der Waals surface area contributed by atoms with Gasteiger partial charge in [-0.25, -0.2) is 0 Å². The van der Waals surface area contributed by atoms with E-state index in [4.69, 9.17) is 13.6 Å². The van der Waals surface area contributed by atoms with Crippen molar-refractivity contribution in [2.24, 2.45) is 5.92 Å². The highest BCUT2D eigenvalue weighted by Crippen LogP contribution is 2.21. The summed E-state index contributed by atoms with van der Waals surface area (Å²) < 4.78 is 18.8. The Balaban J connectivity index is 2.65. The lowest BCUT2D eigenvalue weighted by Crippen LogP contribution is -2.39. The van der Waals surface area contributed by atoms with Crippen LogP contribution in [0.3, 0.4) is 0 Å². The molecule has 0 radical (unpaired) electrons. The Morgan fingerprint density at radius 1 is 0.720 bits per heavy atom. The van der Waals surface area contributed by atoms with Crippen molar-refractivity contribution in [3.8, 4) is 5.75 Å². The highest BCUT2D eigenvalue weighted by atomic mass is 28.4. The van der Waals surface area contributed by atoms with E-state index >= 15 is 0 Å². The van der Waals surface area contributed by atoms with Crippen LogP contribution in [-0.2, 0) is 8.85 Å². The maximum atomic E-state index is 6.41. The summed E-state index contributed by atoms with van der Waals surface area (Å²) in [5, 5.41) is 0. The molecule has 0 aliphatic heterocycles. The molecule has 1 aromatic rings. The molecular weight excluding hydrogens is 344 g/mol. The molecule has 25 heavy (non-hydrogen) atoms. The second-order valence-corrected chi connectivity index (χ2v) is 16.6. The number of para-hydroxylation sites is 1. The van der Waals surface area contributed by atoms with Crippen LogP contribution in [-0.4, -0.2) is 36.5 Å². The molecule has 0 heterocycles. The van der Waals surface area contributed by atoms with Crippen LogP contribution in [0.2, 0.25) is 37.3 Å². The first-order valence-electron chi connectivity index (χ1n) is 9.86. The standard InChI is InChI=1S/C20H38O3Si2/c1-7-24(5,8-2)22-17-19(18-23-25(6,9-3)10-4)16-21-20-14-12-11-13-15-20/h11-15,19H,7-10,16-18H2,1-6H3. The minimum Gasteiger partial charge on any atom is -0.493 e. The summed E-state index contributed by atoms with van der Waals surface area (Å²) in [4.78, 5) is 0. The molecule has 5 heteroatoms. The summed E-state index contributed by atoms with van der Waals surface area (Å²) in [6, 6.07) is 14.7. The van der Waals surface area contributed by atoms with Gasteiger partial charge in [0.05, 0.1) is 6.61 Å². The van der Waals surface area contributed by atoms with Crippen LogP contribution in [0, 0.1) is 5.92 Å². The number of hydrogen-bond donors (Lipinski definition) is 0. The molecule has 0 saturated heterocycles. The van der Waals surface area contributed by atoms with Gasteiger partial charge in [-0.1, -0.05) is 45.9 Å². The van der Waals surface area contributed by atoms with E-state index < -0.39 is 16.6 Å². The van der Waals surface area contributed by atoms with E-state index in [0.717, 1.165) is 43.1 Å². The quantitative estimate of drug-likeness (QED) is 0.395. The Morgan fingerprint density at radius 3 is 1.56 bits per heavy atom. The van der Waals surface area contributed by atoms with Crippen molar-refractivity contribution in [2.75, 3.05) is 19.8 Å². The molecule has 0 unspecified atom stereocenters. The smallest absolute Gasteiger partial charge is 0.189 e. The molecule has 0 fully saturated rings. The van der Waals surface area contributed by atoms with Crippen LogP contribution >= 0.6 is 0 Å². The van der Waals surface area contributed by atoms with Gasteiger partial charge in [0.1, 0.15) is 5.75 Å². The first kappa shape index (κ1) is 22.4. The Labute approximate surface area is 157 Å². The van der Waals surface area contributed by atoms with E-state index in [9.17, 15) is 0 Å². The number of rotatable bonds is 13. The number of benzene rings is 1. The monoisotopic (exact) mass is 382 g/mol. The summed E-state index contributed by atoms with van der Waals surface area (Å²) in [5.74, 6) is 1.21. The summed E-state index contributed by atoms with van der Waals surface area (Å²) in [6.45, 7) is 15.8. The van der Waals surface area contributed by atoms with Crippen molar-refractivity contribution in [3.63, 3.8) is 0 Å². The molecule has 0 aromatic heterocycles. The van der Waals surface area contributed by atoms with Crippen LogP contribution in [0.5, 0.6) is 5.75 Å². The van der Waals surface area contributed by atoms with Crippen molar-refractivity contribution < 1.29 is 13.6 Å². The van der Waals surface area contributed by atoms with Crippen molar-refractivity contribution in [1.82, 2.24) is 0 Å². The molecule has 0 aliphatic rings. The lowest BCUT2D eigenvalue weighted by Gasteiger charge is -2.31. The molecule has 0 aliphatic carbocycles. The van der Waals surface area contributed by atoms with Gasteiger partial charge in [-0.05, 0) is 49.4 Å². The van der Waals surface area contributed by atoms with E-state index in [0.29, 0.717) is 6.61 Å². The minimum atomic E-state index is -1.56. The Hall–Kier alpha value is -0.626. The average molecular weight is 383 g/mol. The predicted molar refractivity (Wildman–Crippen MR) is 112 cm³/mol. The average Bonchev–Trinajstić information content (AvgIpc) is 2.67. The van der Waals surface area contributed by atoms with Crippen molar-refractivity contribution in [2.45, 2.75) is 65.0 Å². The number of hydrogen-bond acceptors (Lipinski definition) is 3. The third kappa shape index (κ3) is 8.07. The van der Waals surface area contributed by atoms with Gasteiger partial charge in [-0.2, -0.15) is 0 Å². The molecule has 0 bridgehead atoms. The van der Waals surface area contributed by atoms with Crippen LogP contribution in [0.25, 0.3) is 0 Å². The van der Waals surface area contributed by atoms with Gasteiger partial charge in [0.2, 0.25) is 0 Å². The summed E-state index contributed by atoms with van der Waals surface area (Å²) >= 11 is 0. The fourth-order valence-corrected chi connectivity index (χ4v) is 5.51. The van der Waals surface area contributed by atoms with Gasteiger partial charge in [-0.15, -0.1) is 0 Å². The Morgan fingerprint density at radius 2 is 1.16 bits per heavy atom. The minimum absolute atomic E-state index is 0.287. The highest BCUT2D eigenvalue weighted by molar-refractivity contribution is 6.72. The molecule has 0 amide bonds. The maximum Gasteiger partial charge on any atom is 0.189 e. The zero-order valence-corrected chi connectivity index (χ0v) is 19.1. The second kappa shape index (κ2) is 11.2. The fraction of sp³-hybridized carbons (Fsp3) is 0.700. The Kier molecular flexibility index (Phi) is 10.0. The van der Waals surface area contributed by atoms with Crippen LogP contribution in [0.4, 0.5) is 0 Å². The van der Waals surface area contributed by atoms with Gasteiger partial charge < -0.3 is 13.6 Å². The maximum absolute atomic E-state index is 6.41. The molecule has 144 valence electrons. The molecule has 0 saturated carbocycles. The largest absolute Gasteiger partial charge is 0.493 e. The topological polar surface area (TPSA) is 27.7 Å². The van der Waals surface area contributed by atoms with Crippen molar-refractivity contribution >= 4 is 16.6 Å². The van der Waals surface area contributed by atoms with Gasteiger partial charge >= 0.3 is 0 Å². The van der Waals surface area contributed by atoms with E-state index in [1.807, 2.05) is 30.3 Å². The SMILES string of the molecule is CC[Si](C)(CC)OCC(COc1ccccc1)CO[Si](C)(CC)CC. The van der Waals surface area contributed by atoms with E-state index in [-0.39, 0.29) is 5.92 Å². The molecule has 3 nitrogen and oxygen atoms in total. The zero-order chi connectivity index (χ0) is 18.8. The van der Waals surface area contributed by atoms with Gasteiger partial charge in [0, 0.05) is 19.1 Å². The molecule has 1 rings (SSSR count). The van der Waals surface area contributed by atoms with Crippen LogP contribution < -0.4 is 4.74 Å². The summed E-state index contributed by atoms with van der Waals surface area (Å²) in [7, 11) is -3.12. The zero-order valence-electron chi connectivity index (χ0n) is 17.1. The third-order valence-electron chi connectivity index (χ3n) is 5.56. The molecule has 0 spiro atoms. The van der Waals surface area contributed by atoms with Crippen LogP contribution in [0.1, 0.15) is 27.7 Å². The van der Waals surface area contributed by atoms with E-state index in [2.05, 4.69) is 40.8 Å². The van der Waals surface area contributed by atoms with E-state index in [1.165, 1.54) is 0 Å². The number of ether oxygens (including phenoxy) is 1. The molecule has 0 N–H and O–H groups in total. The van der Waals surface area contributed by atoms with E-state index in [1.54, 1.807) is 0 Å². The lowest BCUT2D eigenvalue weighted by atomic mass is 10.2. The summed E-state index contributed by atoms with van der Waals surface area (Å²) in [6.07, 6.45) is 0. The van der Waals surface area contributed by atoms with Crippen molar-refractivity contribution in [1.29, 1.82) is 0 Å². The second-order valence-electron chi connectivity index (χ2n) is 7.43. The lowest BCUT2D eigenvalue weighted by molar-refractivity contribution is 0.117. The van der Waals surface area contributed by atoms with Crippen molar-refractivity contribution in [3.05, 3.63) is 30.3 Å². The van der Waals surface area contributed by atoms with Gasteiger partial charge in [0.15, 0.2) is 16.6 Å².